The fourth-order valence-electron chi connectivity index (χ4n) is 8.25. The molecule has 3 N–H and O–H groups in total. The number of carbonyl (C=O) groups excluding carboxylic acids is 4. The molecule has 0 bridgehead atoms. The summed E-state index contributed by atoms with van der Waals surface area (Å²) in [7, 11) is -4.09. The van der Waals surface area contributed by atoms with E-state index < -0.39 is 85.9 Å². The summed E-state index contributed by atoms with van der Waals surface area (Å²) in [6.07, 6.45) is 0.510. The molecule has 60 heavy (non-hydrogen) atoms. The summed E-state index contributed by atoms with van der Waals surface area (Å²) in [6.45, 7) is 7.18. The van der Waals surface area contributed by atoms with E-state index in [1.165, 1.54) is 18.0 Å². The van der Waals surface area contributed by atoms with Gasteiger partial charge in [0.25, 0.3) is 5.91 Å². The van der Waals surface area contributed by atoms with Crippen LogP contribution in [0.15, 0.2) is 36.5 Å². The molecule has 1 saturated heterocycles. The zero-order chi connectivity index (χ0) is 43.4. The van der Waals surface area contributed by atoms with Gasteiger partial charge in [-0.25, -0.2) is 18.2 Å². The van der Waals surface area contributed by atoms with Crippen LogP contribution < -0.4 is 29.6 Å². The van der Waals surface area contributed by atoms with Crippen LogP contribution in [0.2, 0.25) is 0 Å². The summed E-state index contributed by atoms with van der Waals surface area (Å²) in [4.78, 5) is 62.4. The van der Waals surface area contributed by atoms with Crippen LogP contribution in [0.5, 0.6) is 17.4 Å². The van der Waals surface area contributed by atoms with Crippen LogP contribution in [0.1, 0.15) is 86.0 Å². The Balaban J connectivity index is 1.24. The Hall–Kier alpha value is -4.81. The maximum absolute atomic E-state index is 14.9. The molecule has 0 spiro atoms. The highest BCUT2D eigenvalue weighted by molar-refractivity contribution is 7.91. The number of ether oxygens (including phenoxy) is 4. The highest BCUT2D eigenvalue weighted by Crippen LogP contribution is 2.48. The lowest BCUT2D eigenvalue weighted by Gasteiger charge is -2.35. The van der Waals surface area contributed by atoms with E-state index in [0.29, 0.717) is 87.9 Å². The molecule has 3 aliphatic heterocycles. The number of alkyl halides is 3. The van der Waals surface area contributed by atoms with Gasteiger partial charge in [0.15, 0.2) is 11.5 Å². The Bertz CT molecular complexity index is 2180. The summed E-state index contributed by atoms with van der Waals surface area (Å²) in [5, 5.41) is 6.46. The molecule has 4 amide bonds. The summed E-state index contributed by atoms with van der Waals surface area (Å²) < 4.78 is 91.9. The number of allylic oxidation sites excluding steroid dienone is 1. The fourth-order valence-corrected chi connectivity index (χ4v) is 9.56. The predicted molar refractivity (Wildman–Crippen MR) is 210 cm³/mol. The number of nitrogens with zero attached hydrogens (tertiary/aromatic N) is 2. The van der Waals surface area contributed by atoms with Gasteiger partial charge in [-0.2, -0.15) is 13.2 Å². The lowest BCUT2D eigenvalue weighted by Crippen LogP contribution is -2.60. The van der Waals surface area contributed by atoms with Gasteiger partial charge in [-0.05, 0) is 89.3 Å². The summed E-state index contributed by atoms with van der Waals surface area (Å²) in [5.41, 5.74) is -4.54. The third kappa shape index (κ3) is 8.42. The average Bonchev–Trinajstić information content (AvgIpc) is 4.07. The van der Waals surface area contributed by atoms with E-state index in [0.717, 1.165) is 0 Å². The Morgan fingerprint density at radius 3 is 2.52 bits per heavy atom. The molecule has 0 radical (unpaired) electrons. The molecule has 7 atom stereocenters. The van der Waals surface area contributed by atoms with Crippen molar-refractivity contribution in [3.05, 3.63) is 36.5 Å². The summed E-state index contributed by atoms with van der Waals surface area (Å²) in [5.74, 6) is -2.42. The maximum Gasteiger partial charge on any atom is 0.427 e. The van der Waals surface area contributed by atoms with E-state index in [4.69, 9.17) is 18.9 Å². The van der Waals surface area contributed by atoms with Gasteiger partial charge < -0.3 is 34.5 Å². The highest BCUT2D eigenvalue weighted by atomic mass is 32.2. The van der Waals surface area contributed by atoms with Crippen LogP contribution in [0.4, 0.5) is 18.0 Å². The minimum absolute atomic E-state index is 0.0380. The summed E-state index contributed by atoms with van der Waals surface area (Å²) in [6, 6.07) is 2.44. The topological polar surface area (TPSA) is 192 Å². The van der Waals surface area contributed by atoms with Crippen molar-refractivity contribution < 1.29 is 59.7 Å². The summed E-state index contributed by atoms with van der Waals surface area (Å²) >= 11 is 0. The van der Waals surface area contributed by atoms with Gasteiger partial charge in [0.05, 0.1) is 11.3 Å². The molecule has 7 rings (SSSR count). The van der Waals surface area contributed by atoms with Crippen molar-refractivity contribution >= 4 is 44.6 Å². The smallest absolute Gasteiger partial charge is 0.427 e. The molecule has 1 aromatic heterocycles. The van der Waals surface area contributed by atoms with Crippen molar-refractivity contribution in [3.8, 4) is 17.4 Å². The number of pyridine rings is 1. The van der Waals surface area contributed by atoms with Gasteiger partial charge >= 0.3 is 12.3 Å². The molecule has 1 aromatic carbocycles. The number of halogens is 3. The molecule has 2 aliphatic carbocycles. The molecule has 19 heteroatoms. The van der Waals surface area contributed by atoms with E-state index in [2.05, 4.69) is 20.3 Å². The first-order chi connectivity index (χ1) is 28.2. The Labute approximate surface area is 346 Å². The minimum Gasteiger partial charge on any atom is -0.486 e. The maximum atomic E-state index is 14.9. The second-order valence-corrected chi connectivity index (χ2v) is 19.7. The predicted octanol–water partition coefficient (Wildman–Crippen LogP) is 5.07. The Morgan fingerprint density at radius 1 is 1.08 bits per heavy atom. The SMILES string of the molecule is CCC1CC(C)CCC=CC2CC2(C(=O)NS(=O)(=O)C2(C)CC2)NC(=O)C2CC(Oc3nccc4c5c(ccc34)OCCO5)CN2C(=O)C1NC(=O)OC(C)(C)C(F)(F)F. The molecular formula is C41H52F3N5O10S. The number of alkyl carbamates (subject to hydrolysis) is 1. The number of sulfonamides is 1. The number of hydrogen-bond donors (Lipinski definition) is 3. The van der Waals surface area contributed by atoms with Gasteiger partial charge in [0.1, 0.15) is 36.9 Å². The van der Waals surface area contributed by atoms with Crippen LogP contribution in [0, 0.1) is 17.8 Å². The van der Waals surface area contributed by atoms with Crippen molar-refractivity contribution in [1.82, 2.24) is 25.2 Å². The average molecular weight is 864 g/mol. The lowest BCUT2D eigenvalue weighted by molar-refractivity contribution is -0.244. The Kier molecular flexibility index (Phi) is 11.5. The zero-order valence-electron chi connectivity index (χ0n) is 34.2. The number of benzene rings is 1. The molecule has 2 saturated carbocycles. The molecule has 3 fully saturated rings. The first-order valence-electron chi connectivity index (χ1n) is 20.4. The zero-order valence-corrected chi connectivity index (χ0v) is 35.0. The quantitative estimate of drug-likeness (QED) is 0.301. The normalized spacial score (nSPS) is 29.2. The number of aromatic nitrogens is 1. The molecule has 4 heterocycles. The second kappa shape index (κ2) is 15.9. The van der Waals surface area contributed by atoms with Gasteiger partial charge in [0.2, 0.25) is 33.3 Å². The standard InChI is InChI=1S/C41H52F3N5O10S/c1-6-24-19-23(2)9-7-8-10-25-21-40(25,36(52)48-60(54,55)39(5)14-15-39)47-33(50)29-20-26(22-49(29)35(51)31(24)46-37(53)59-38(3,4)41(42,43)44)58-34-28-11-12-30-32(57-18-17-56-30)27(28)13-16-45-34/h8,10-13,16,23-26,29,31H,6-7,9,14-15,17-22H2,1-5H3,(H,46,53)(H,47,50)(H,48,52). The van der Waals surface area contributed by atoms with Crippen molar-refractivity contribution in [2.75, 3.05) is 19.8 Å². The van der Waals surface area contributed by atoms with Crippen molar-refractivity contribution in [3.63, 3.8) is 0 Å². The molecule has 7 unspecified atom stereocenters. The Morgan fingerprint density at radius 2 is 1.82 bits per heavy atom. The first kappa shape index (κ1) is 43.3. The van der Waals surface area contributed by atoms with E-state index >= 15 is 0 Å². The lowest BCUT2D eigenvalue weighted by atomic mass is 9.85. The van der Waals surface area contributed by atoms with Crippen LogP contribution >= 0.6 is 0 Å². The van der Waals surface area contributed by atoms with Crippen molar-refractivity contribution in [2.24, 2.45) is 17.8 Å². The molecule has 5 aliphatic rings. The van der Waals surface area contributed by atoms with Crippen LogP contribution in [-0.2, 0) is 29.1 Å². The molecular weight excluding hydrogens is 812 g/mol. The van der Waals surface area contributed by atoms with Gasteiger partial charge in [-0.15, -0.1) is 0 Å². The van der Waals surface area contributed by atoms with E-state index in [1.54, 1.807) is 31.2 Å². The fraction of sp³-hybridized carbons (Fsp3) is 0.634. The number of fused-ring (bicyclic) bond motifs is 5. The van der Waals surface area contributed by atoms with Gasteiger partial charge in [0, 0.05) is 29.3 Å². The number of hydrogen-bond acceptors (Lipinski definition) is 11. The van der Waals surface area contributed by atoms with Crippen molar-refractivity contribution in [2.45, 2.75) is 126 Å². The third-order valence-electron chi connectivity index (χ3n) is 12.6. The van der Waals surface area contributed by atoms with Gasteiger partial charge in [-0.3, -0.25) is 19.1 Å². The highest BCUT2D eigenvalue weighted by Gasteiger charge is 2.63. The number of rotatable bonds is 8. The number of carbonyl (C=O) groups is 4. The largest absolute Gasteiger partial charge is 0.486 e. The van der Waals surface area contributed by atoms with E-state index in [1.807, 2.05) is 13.0 Å². The molecule has 15 nitrogen and oxygen atoms in total. The van der Waals surface area contributed by atoms with Crippen LogP contribution in [0.25, 0.3) is 10.8 Å². The monoisotopic (exact) mass is 863 g/mol. The molecule has 328 valence electrons. The van der Waals surface area contributed by atoms with E-state index in [9.17, 15) is 40.8 Å². The van der Waals surface area contributed by atoms with Crippen molar-refractivity contribution in [1.29, 1.82) is 0 Å². The third-order valence-corrected chi connectivity index (χ3v) is 14.8. The molecule has 2 aromatic rings. The minimum atomic E-state index is -4.92. The van der Waals surface area contributed by atoms with Gasteiger partial charge in [-0.1, -0.05) is 32.4 Å². The number of amides is 4. The second-order valence-electron chi connectivity index (χ2n) is 17.5. The first-order valence-corrected chi connectivity index (χ1v) is 21.9. The van der Waals surface area contributed by atoms with Crippen LogP contribution in [0.3, 0.4) is 0 Å². The van der Waals surface area contributed by atoms with E-state index in [-0.39, 0.29) is 31.2 Å². The van der Waals surface area contributed by atoms with Crippen LogP contribution in [-0.4, -0.2) is 102 Å². The number of nitrogens with one attached hydrogen (secondary N) is 3.